The Morgan fingerprint density at radius 1 is 1.00 bits per heavy atom. The molecule has 0 saturated carbocycles. The molecule has 0 aliphatic heterocycles. The molecule has 0 bridgehead atoms. The van der Waals surface area contributed by atoms with Crippen LogP contribution in [0.5, 0.6) is 0 Å². The smallest absolute Gasteiger partial charge is 0.298 e. The van der Waals surface area contributed by atoms with Crippen LogP contribution in [0.15, 0.2) is 54.6 Å². The van der Waals surface area contributed by atoms with Gasteiger partial charge in [0.25, 0.3) is 5.91 Å². The van der Waals surface area contributed by atoms with Crippen molar-refractivity contribution in [1.82, 2.24) is 5.43 Å². The van der Waals surface area contributed by atoms with Crippen LogP contribution in [0.25, 0.3) is 6.08 Å². The van der Waals surface area contributed by atoms with Crippen LogP contribution >= 0.6 is 0 Å². The number of amides is 1. The Morgan fingerprint density at radius 3 is 2.35 bits per heavy atom. The number of carbonyl (C=O) groups is 1. The van der Waals surface area contributed by atoms with Crippen LogP contribution in [-0.2, 0) is 11.0 Å². The minimum absolute atomic E-state index is 0.193. The summed E-state index contributed by atoms with van der Waals surface area (Å²) >= 11 is 0. The first-order valence-corrected chi connectivity index (χ1v) is 6.53. The molecule has 120 valence electrons. The normalized spacial score (nSPS) is 11.5. The first-order valence-electron chi connectivity index (χ1n) is 6.53. The van der Waals surface area contributed by atoms with Crippen LogP contribution in [0.3, 0.4) is 0 Å². The Hall–Kier alpha value is -2.83. The Morgan fingerprint density at radius 2 is 1.65 bits per heavy atom. The van der Waals surface area contributed by atoms with E-state index in [9.17, 15) is 22.4 Å². The highest BCUT2D eigenvalue weighted by molar-refractivity contribution is 5.92. The average Bonchev–Trinajstić information content (AvgIpc) is 2.51. The minimum Gasteiger partial charge on any atom is -0.298 e. The van der Waals surface area contributed by atoms with E-state index in [1.54, 1.807) is 6.07 Å². The molecule has 0 spiro atoms. The summed E-state index contributed by atoms with van der Waals surface area (Å²) in [7, 11) is 0. The quantitative estimate of drug-likeness (QED) is 0.507. The second-order valence-electron chi connectivity index (χ2n) is 4.51. The monoisotopic (exact) mass is 324 g/mol. The topological polar surface area (TPSA) is 41.1 Å². The highest BCUT2D eigenvalue weighted by atomic mass is 19.4. The number of benzene rings is 2. The Bertz CT molecular complexity index is 726. The summed E-state index contributed by atoms with van der Waals surface area (Å²) in [5.74, 6) is -1.22. The third-order valence-electron chi connectivity index (χ3n) is 2.87. The van der Waals surface area contributed by atoms with Crippen molar-refractivity contribution in [2.45, 2.75) is 6.18 Å². The number of nitrogens with one attached hydrogen (secondary N) is 2. The number of para-hydroxylation sites is 1. The molecular formula is C16H12F4N2O. The molecule has 2 N–H and O–H groups in total. The van der Waals surface area contributed by atoms with Crippen molar-refractivity contribution in [3.8, 4) is 0 Å². The fourth-order valence-electron chi connectivity index (χ4n) is 1.79. The largest absolute Gasteiger partial charge is 0.418 e. The molecule has 0 aliphatic rings. The van der Waals surface area contributed by atoms with E-state index in [0.29, 0.717) is 0 Å². The van der Waals surface area contributed by atoms with Crippen LogP contribution in [0.4, 0.5) is 23.2 Å². The number of rotatable bonds is 4. The van der Waals surface area contributed by atoms with Crippen LogP contribution in [0.1, 0.15) is 11.1 Å². The van der Waals surface area contributed by atoms with Crippen molar-refractivity contribution in [2.24, 2.45) is 0 Å². The van der Waals surface area contributed by atoms with Gasteiger partial charge in [0.05, 0.1) is 11.3 Å². The van der Waals surface area contributed by atoms with Gasteiger partial charge in [-0.1, -0.05) is 30.3 Å². The summed E-state index contributed by atoms with van der Waals surface area (Å²) in [4.78, 5) is 11.6. The average molecular weight is 324 g/mol. The number of halogens is 4. The Balaban J connectivity index is 2.02. The van der Waals surface area contributed by atoms with Gasteiger partial charge in [-0.2, -0.15) is 13.2 Å². The van der Waals surface area contributed by atoms with E-state index < -0.39 is 23.5 Å². The second kappa shape index (κ2) is 6.95. The summed E-state index contributed by atoms with van der Waals surface area (Å²) in [6.07, 6.45) is -2.30. The fourth-order valence-corrected chi connectivity index (χ4v) is 1.79. The van der Waals surface area contributed by atoms with Gasteiger partial charge in [0.2, 0.25) is 0 Å². The van der Waals surface area contributed by atoms with Gasteiger partial charge in [-0.05, 0) is 24.3 Å². The van der Waals surface area contributed by atoms with Gasteiger partial charge < -0.3 is 0 Å². The molecule has 3 nitrogen and oxygen atoms in total. The zero-order valence-electron chi connectivity index (χ0n) is 11.7. The van der Waals surface area contributed by atoms with Crippen LogP contribution in [-0.4, -0.2) is 5.91 Å². The SMILES string of the molecule is O=C(/C=C/c1ccccc1F)NNc1ccccc1C(F)(F)F. The maximum Gasteiger partial charge on any atom is 0.418 e. The van der Waals surface area contributed by atoms with E-state index in [2.05, 4.69) is 10.9 Å². The third kappa shape index (κ3) is 4.57. The number of hydrogen-bond acceptors (Lipinski definition) is 2. The van der Waals surface area contributed by atoms with Crippen molar-refractivity contribution in [3.05, 3.63) is 71.6 Å². The van der Waals surface area contributed by atoms with Crippen molar-refractivity contribution in [2.75, 3.05) is 5.43 Å². The summed E-state index contributed by atoms with van der Waals surface area (Å²) < 4.78 is 51.7. The Labute approximate surface area is 129 Å². The summed E-state index contributed by atoms with van der Waals surface area (Å²) in [6, 6.07) is 10.5. The first-order chi connectivity index (χ1) is 10.9. The minimum atomic E-state index is -4.54. The molecule has 2 aromatic rings. The highest BCUT2D eigenvalue weighted by Gasteiger charge is 2.33. The first kappa shape index (κ1) is 16.5. The molecule has 1 amide bonds. The number of hydrogen-bond donors (Lipinski definition) is 2. The zero-order chi connectivity index (χ0) is 16.9. The van der Waals surface area contributed by atoms with Gasteiger partial charge >= 0.3 is 6.18 Å². The molecule has 0 aliphatic carbocycles. The summed E-state index contributed by atoms with van der Waals surface area (Å²) in [5.41, 5.74) is 3.31. The van der Waals surface area contributed by atoms with E-state index in [1.165, 1.54) is 42.5 Å². The molecule has 0 unspecified atom stereocenters. The van der Waals surface area contributed by atoms with Gasteiger partial charge in [-0.25, -0.2) is 4.39 Å². The molecule has 23 heavy (non-hydrogen) atoms. The fraction of sp³-hybridized carbons (Fsp3) is 0.0625. The van der Waals surface area contributed by atoms with E-state index in [0.717, 1.165) is 12.1 Å². The second-order valence-corrected chi connectivity index (χ2v) is 4.51. The molecule has 7 heteroatoms. The van der Waals surface area contributed by atoms with Crippen molar-refractivity contribution in [3.63, 3.8) is 0 Å². The van der Waals surface area contributed by atoms with Crippen molar-refractivity contribution < 1.29 is 22.4 Å². The van der Waals surface area contributed by atoms with Gasteiger partial charge in [-0.3, -0.25) is 15.6 Å². The zero-order valence-corrected chi connectivity index (χ0v) is 11.7. The Kier molecular flexibility index (Phi) is 5.00. The maximum atomic E-state index is 13.4. The van der Waals surface area contributed by atoms with Crippen LogP contribution in [0.2, 0.25) is 0 Å². The van der Waals surface area contributed by atoms with Crippen molar-refractivity contribution >= 4 is 17.7 Å². The van der Waals surface area contributed by atoms with Crippen LogP contribution < -0.4 is 10.9 Å². The molecular weight excluding hydrogens is 312 g/mol. The number of hydrazine groups is 1. The van der Waals surface area contributed by atoms with Crippen LogP contribution in [0, 0.1) is 5.82 Å². The van der Waals surface area contributed by atoms with E-state index >= 15 is 0 Å². The third-order valence-corrected chi connectivity index (χ3v) is 2.87. The summed E-state index contributed by atoms with van der Waals surface area (Å²) in [6.45, 7) is 0. The molecule has 0 fully saturated rings. The molecule has 0 radical (unpaired) electrons. The summed E-state index contributed by atoms with van der Waals surface area (Å²) in [5, 5.41) is 0. The predicted molar refractivity (Wildman–Crippen MR) is 78.6 cm³/mol. The van der Waals surface area contributed by atoms with Gasteiger partial charge in [0, 0.05) is 11.6 Å². The molecule has 0 saturated heterocycles. The van der Waals surface area contributed by atoms with Gasteiger partial charge in [0.1, 0.15) is 5.82 Å². The van der Waals surface area contributed by atoms with E-state index in [-0.39, 0.29) is 11.3 Å². The molecule has 0 atom stereocenters. The molecule has 2 rings (SSSR count). The highest BCUT2D eigenvalue weighted by Crippen LogP contribution is 2.34. The molecule has 0 aromatic heterocycles. The lowest BCUT2D eigenvalue weighted by molar-refractivity contribution is -0.137. The standard InChI is InChI=1S/C16H12F4N2O/c17-13-7-3-1-5-11(13)9-10-15(23)22-21-14-8-4-2-6-12(14)16(18,19)20/h1-10,21H,(H,22,23)/b10-9+. The molecule has 0 heterocycles. The van der Waals surface area contributed by atoms with Gasteiger partial charge in [0.15, 0.2) is 0 Å². The maximum absolute atomic E-state index is 13.4. The lowest BCUT2D eigenvalue weighted by atomic mass is 10.2. The van der Waals surface area contributed by atoms with E-state index in [1.807, 2.05) is 0 Å². The number of anilines is 1. The molecule has 2 aromatic carbocycles. The predicted octanol–water partition coefficient (Wildman–Crippen LogP) is 4.00. The number of alkyl halides is 3. The number of carbonyl (C=O) groups excluding carboxylic acids is 1. The lowest BCUT2D eigenvalue weighted by Gasteiger charge is -2.14. The lowest BCUT2D eigenvalue weighted by Crippen LogP contribution is -2.28. The van der Waals surface area contributed by atoms with E-state index in [4.69, 9.17) is 0 Å². The van der Waals surface area contributed by atoms with Crippen molar-refractivity contribution in [1.29, 1.82) is 0 Å². The van der Waals surface area contributed by atoms with Gasteiger partial charge in [-0.15, -0.1) is 0 Å².